The molecule has 1 atom stereocenters. The second-order valence-corrected chi connectivity index (χ2v) is 5.50. The molecule has 1 amide bonds. The summed E-state index contributed by atoms with van der Waals surface area (Å²) in [6.45, 7) is 4.92. The highest BCUT2D eigenvalue weighted by Gasteiger charge is 2.48. The summed E-state index contributed by atoms with van der Waals surface area (Å²) in [5.41, 5.74) is -0.0962. The summed E-state index contributed by atoms with van der Waals surface area (Å²) in [7, 11) is 0. The number of nitrogens with zero attached hydrogens (tertiary/aromatic N) is 1. The number of hydrogen-bond donors (Lipinski definition) is 1. The van der Waals surface area contributed by atoms with Gasteiger partial charge in [-0.3, -0.25) is 4.79 Å². The van der Waals surface area contributed by atoms with Crippen molar-refractivity contribution >= 4 is 12.1 Å². The largest absolute Gasteiger partial charge is 0.481 e. The van der Waals surface area contributed by atoms with E-state index in [0.29, 0.717) is 13.1 Å². The molecule has 5 nitrogen and oxygen atoms in total. The van der Waals surface area contributed by atoms with Gasteiger partial charge in [0.1, 0.15) is 6.61 Å². The summed E-state index contributed by atoms with van der Waals surface area (Å²) >= 11 is 0. The van der Waals surface area contributed by atoms with Crippen LogP contribution >= 0.6 is 0 Å². The van der Waals surface area contributed by atoms with Crippen molar-refractivity contribution in [3.8, 4) is 0 Å². The molecule has 0 bridgehead atoms. The summed E-state index contributed by atoms with van der Waals surface area (Å²) in [6.07, 6.45) is 5.49. The van der Waals surface area contributed by atoms with Crippen molar-refractivity contribution in [2.24, 2.45) is 11.3 Å². The number of carboxylic acids is 1. The predicted molar refractivity (Wildman–Crippen MR) is 69.8 cm³/mol. The molecule has 2 rings (SSSR count). The molecule has 1 aliphatic carbocycles. The number of rotatable bonds is 3. The molecule has 1 spiro atoms. The van der Waals surface area contributed by atoms with Crippen molar-refractivity contribution < 1.29 is 19.4 Å². The standard InChI is InChI=1S/C14H21NO4/c1-2-10-19-13(18)15-8-6-14(7-9-15)5-3-4-11(14)12(16)17/h2,11H,1,3-10H2,(H,16,17). The minimum absolute atomic E-state index is 0.0962. The lowest BCUT2D eigenvalue weighted by atomic mass is 9.70. The van der Waals surface area contributed by atoms with Crippen molar-refractivity contribution in [3.63, 3.8) is 0 Å². The van der Waals surface area contributed by atoms with Gasteiger partial charge in [-0.2, -0.15) is 0 Å². The smallest absolute Gasteiger partial charge is 0.410 e. The van der Waals surface area contributed by atoms with Crippen LogP contribution in [0.4, 0.5) is 4.79 Å². The van der Waals surface area contributed by atoms with Gasteiger partial charge in [0.05, 0.1) is 5.92 Å². The molecule has 1 N–H and O–H groups in total. The van der Waals surface area contributed by atoms with E-state index in [4.69, 9.17) is 4.74 Å². The number of carbonyl (C=O) groups is 2. The molecule has 2 aliphatic rings. The van der Waals surface area contributed by atoms with E-state index in [1.54, 1.807) is 11.0 Å². The van der Waals surface area contributed by atoms with E-state index in [9.17, 15) is 14.7 Å². The number of hydrogen-bond acceptors (Lipinski definition) is 3. The second kappa shape index (κ2) is 5.63. The molecule has 1 saturated carbocycles. The maximum atomic E-state index is 11.7. The Kier molecular flexibility index (Phi) is 4.12. The van der Waals surface area contributed by atoms with E-state index in [1.807, 2.05) is 0 Å². The molecule has 1 saturated heterocycles. The zero-order valence-electron chi connectivity index (χ0n) is 11.1. The summed E-state index contributed by atoms with van der Waals surface area (Å²) in [5.74, 6) is -0.918. The molecule has 1 aliphatic heterocycles. The Morgan fingerprint density at radius 2 is 2.05 bits per heavy atom. The topological polar surface area (TPSA) is 66.8 Å². The van der Waals surface area contributed by atoms with E-state index in [-0.39, 0.29) is 24.0 Å². The molecule has 5 heteroatoms. The Hall–Kier alpha value is -1.52. The quantitative estimate of drug-likeness (QED) is 0.797. The molecule has 0 radical (unpaired) electrons. The minimum Gasteiger partial charge on any atom is -0.481 e. The third-order valence-corrected chi connectivity index (χ3v) is 4.55. The maximum absolute atomic E-state index is 11.7. The van der Waals surface area contributed by atoms with Gasteiger partial charge in [0, 0.05) is 13.1 Å². The Labute approximate surface area is 113 Å². The fraction of sp³-hybridized carbons (Fsp3) is 0.714. The van der Waals surface area contributed by atoms with Crippen molar-refractivity contribution in [1.82, 2.24) is 4.90 Å². The molecule has 0 aromatic carbocycles. The van der Waals surface area contributed by atoms with Gasteiger partial charge < -0.3 is 14.7 Å². The maximum Gasteiger partial charge on any atom is 0.410 e. The summed E-state index contributed by atoms with van der Waals surface area (Å²) in [6, 6.07) is 0. The van der Waals surface area contributed by atoms with E-state index in [0.717, 1.165) is 32.1 Å². The SMILES string of the molecule is C=CCOC(=O)N1CCC2(CCCC2C(=O)O)CC1. The lowest BCUT2D eigenvalue weighted by molar-refractivity contribution is -0.146. The van der Waals surface area contributed by atoms with E-state index < -0.39 is 5.97 Å². The molecular weight excluding hydrogens is 246 g/mol. The van der Waals surface area contributed by atoms with Crippen molar-refractivity contribution in [3.05, 3.63) is 12.7 Å². The lowest BCUT2D eigenvalue weighted by Gasteiger charge is -2.41. The van der Waals surface area contributed by atoms with Crippen LogP contribution in [-0.2, 0) is 9.53 Å². The molecule has 0 aromatic rings. The van der Waals surface area contributed by atoms with Gasteiger partial charge in [0.15, 0.2) is 0 Å². The second-order valence-electron chi connectivity index (χ2n) is 5.50. The van der Waals surface area contributed by atoms with Crippen LogP contribution in [0.1, 0.15) is 32.1 Å². The summed E-state index contributed by atoms with van der Waals surface area (Å²) < 4.78 is 5.01. The van der Waals surface area contributed by atoms with Crippen molar-refractivity contribution in [2.75, 3.05) is 19.7 Å². The van der Waals surface area contributed by atoms with Crippen LogP contribution in [0.5, 0.6) is 0 Å². The number of carbonyl (C=O) groups excluding carboxylic acids is 1. The molecule has 1 heterocycles. The fourth-order valence-electron chi connectivity index (χ4n) is 3.48. The predicted octanol–water partition coefficient (Wildman–Crippen LogP) is 2.28. The van der Waals surface area contributed by atoms with E-state index in [2.05, 4.69) is 6.58 Å². The van der Waals surface area contributed by atoms with Crippen LogP contribution in [0.2, 0.25) is 0 Å². The Balaban J connectivity index is 1.93. The highest BCUT2D eigenvalue weighted by atomic mass is 16.6. The number of carboxylic acid groups (broad SMARTS) is 1. The number of piperidine rings is 1. The monoisotopic (exact) mass is 267 g/mol. The lowest BCUT2D eigenvalue weighted by Crippen LogP contribution is -2.46. The van der Waals surface area contributed by atoms with Crippen LogP contribution < -0.4 is 0 Å². The van der Waals surface area contributed by atoms with Gasteiger partial charge in [0.25, 0.3) is 0 Å². The highest BCUT2D eigenvalue weighted by Crippen LogP contribution is 2.50. The van der Waals surface area contributed by atoms with E-state index >= 15 is 0 Å². The Morgan fingerprint density at radius 3 is 2.63 bits per heavy atom. The number of amides is 1. The minimum atomic E-state index is -0.680. The first-order valence-corrected chi connectivity index (χ1v) is 6.84. The van der Waals surface area contributed by atoms with Crippen LogP contribution in [0.25, 0.3) is 0 Å². The number of likely N-dealkylation sites (tertiary alicyclic amines) is 1. The van der Waals surface area contributed by atoms with Crippen LogP contribution in [0, 0.1) is 11.3 Å². The van der Waals surface area contributed by atoms with Crippen LogP contribution in [-0.4, -0.2) is 41.8 Å². The molecule has 19 heavy (non-hydrogen) atoms. The zero-order chi connectivity index (χ0) is 13.9. The first kappa shape index (κ1) is 13.9. The molecule has 2 fully saturated rings. The molecular formula is C14H21NO4. The average molecular weight is 267 g/mol. The highest BCUT2D eigenvalue weighted by molar-refractivity contribution is 5.72. The molecule has 0 aromatic heterocycles. The Morgan fingerprint density at radius 1 is 1.37 bits per heavy atom. The van der Waals surface area contributed by atoms with Gasteiger partial charge in [-0.05, 0) is 31.1 Å². The summed E-state index contributed by atoms with van der Waals surface area (Å²) in [4.78, 5) is 24.7. The van der Waals surface area contributed by atoms with Gasteiger partial charge in [-0.1, -0.05) is 19.1 Å². The molecule has 106 valence electrons. The van der Waals surface area contributed by atoms with Crippen LogP contribution in [0.15, 0.2) is 12.7 Å². The third kappa shape index (κ3) is 2.74. The Bertz CT molecular complexity index is 372. The van der Waals surface area contributed by atoms with Gasteiger partial charge in [-0.15, -0.1) is 0 Å². The third-order valence-electron chi connectivity index (χ3n) is 4.55. The van der Waals surface area contributed by atoms with Crippen molar-refractivity contribution in [2.45, 2.75) is 32.1 Å². The zero-order valence-corrected chi connectivity index (χ0v) is 11.1. The number of aliphatic carboxylic acids is 1. The fourth-order valence-corrected chi connectivity index (χ4v) is 3.48. The van der Waals surface area contributed by atoms with Crippen LogP contribution in [0.3, 0.4) is 0 Å². The normalized spacial score (nSPS) is 25.3. The van der Waals surface area contributed by atoms with Gasteiger partial charge in [-0.25, -0.2) is 4.79 Å². The van der Waals surface area contributed by atoms with E-state index in [1.165, 1.54) is 0 Å². The van der Waals surface area contributed by atoms with Gasteiger partial charge in [0.2, 0.25) is 0 Å². The first-order valence-electron chi connectivity index (χ1n) is 6.84. The molecule has 1 unspecified atom stereocenters. The first-order chi connectivity index (χ1) is 9.09. The van der Waals surface area contributed by atoms with Crippen molar-refractivity contribution in [1.29, 1.82) is 0 Å². The number of ether oxygens (including phenoxy) is 1. The summed E-state index contributed by atoms with van der Waals surface area (Å²) in [5, 5.41) is 9.31. The van der Waals surface area contributed by atoms with Gasteiger partial charge >= 0.3 is 12.1 Å². The average Bonchev–Trinajstić information content (AvgIpc) is 2.80.